The molecule has 1 N–H and O–H groups in total. The predicted molar refractivity (Wildman–Crippen MR) is 110 cm³/mol. The van der Waals surface area contributed by atoms with Gasteiger partial charge in [-0.2, -0.15) is 0 Å². The number of amides is 1. The molecular formula is C23H24N2O3. The van der Waals surface area contributed by atoms with Gasteiger partial charge in [-0.25, -0.2) is 0 Å². The summed E-state index contributed by atoms with van der Waals surface area (Å²) >= 11 is 0. The van der Waals surface area contributed by atoms with Gasteiger partial charge < -0.3 is 14.8 Å². The fourth-order valence-corrected chi connectivity index (χ4v) is 2.85. The Labute approximate surface area is 165 Å². The van der Waals surface area contributed by atoms with Crippen LogP contribution in [-0.4, -0.2) is 31.7 Å². The van der Waals surface area contributed by atoms with E-state index in [0.717, 1.165) is 35.6 Å². The zero-order valence-corrected chi connectivity index (χ0v) is 16.1. The minimum absolute atomic E-state index is 0.108. The van der Waals surface area contributed by atoms with Crippen molar-refractivity contribution in [3.63, 3.8) is 0 Å². The van der Waals surface area contributed by atoms with Crippen molar-refractivity contribution in [2.24, 2.45) is 0 Å². The van der Waals surface area contributed by atoms with Crippen LogP contribution in [0, 0.1) is 0 Å². The van der Waals surface area contributed by atoms with Gasteiger partial charge in [-0.1, -0.05) is 12.1 Å². The van der Waals surface area contributed by atoms with Crippen LogP contribution in [0.25, 0.3) is 11.3 Å². The fraction of sp³-hybridized carbons (Fsp3) is 0.217. The van der Waals surface area contributed by atoms with Crippen LogP contribution in [0.3, 0.4) is 0 Å². The molecule has 5 heteroatoms. The zero-order valence-electron chi connectivity index (χ0n) is 16.1. The Hall–Kier alpha value is -3.34. The van der Waals surface area contributed by atoms with Crippen LogP contribution in [0.2, 0.25) is 0 Å². The largest absolute Gasteiger partial charge is 0.497 e. The SMILES string of the molecule is COc1ccc(CCCNC(=O)c2ccc(-c3ccc(OC)cc3)nc2)cc1. The summed E-state index contributed by atoms with van der Waals surface area (Å²) in [6, 6.07) is 19.3. The lowest BCUT2D eigenvalue weighted by molar-refractivity contribution is 0.0953. The lowest BCUT2D eigenvalue weighted by Crippen LogP contribution is -2.24. The Balaban J connectivity index is 1.48. The molecule has 1 aromatic heterocycles. The highest BCUT2D eigenvalue weighted by Crippen LogP contribution is 2.20. The molecule has 0 saturated heterocycles. The molecule has 0 bridgehead atoms. The summed E-state index contributed by atoms with van der Waals surface area (Å²) in [5.41, 5.74) is 3.58. The van der Waals surface area contributed by atoms with Crippen LogP contribution < -0.4 is 14.8 Å². The number of nitrogens with one attached hydrogen (secondary N) is 1. The molecule has 28 heavy (non-hydrogen) atoms. The van der Waals surface area contributed by atoms with Crippen molar-refractivity contribution in [3.8, 4) is 22.8 Å². The first-order valence-electron chi connectivity index (χ1n) is 9.21. The molecule has 3 rings (SSSR count). The molecule has 0 radical (unpaired) electrons. The molecule has 1 amide bonds. The van der Waals surface area contributed by atoms with Gasteiger partial charge in [-0.05, 0) is 66.9 Å². The van der Waals surface area contributed by atoms with Crippen LogP contribution in [0.1, 0.15) is 22.3 Å². The van der Waals surface area contributed by atoms with E-state index in [1.807, 2.05) is 54.6 Å². The van der Waals surface area contributed by atoms with Crippen molar-refractivity contribution >= 4 is 5.91 Å². The summed E-state index contributed by atoms with van der Waals surface area (Å²) in [6.07, 6.45) is 3.38. The molecule has 0 atom stereocenters. The topological polar surface area (TPSA) is 60.5 Å². The monoisotopic (exact) mass is 376 g/mol. The number of aryl methyl sites for hydroxylation is 1. The summed E-state index contributed by atoms with van der Waals surface area (Å²) in [5, 5.41) is 2.95. The van der Waals surface area contributed by atoms with E-state index in [-0.39, 0.29) is 5.91 Å². The van der Waals surface area contributed by atoms with Crippen LogP contribution in [-0.2, 0) is 6.42 Å². The minimum Gasteiger partial charge on any atom is -0.497 e. The highest BCUT2D eigenvalue weighted by molar-refractivity contribution is 5.94. The van der Waals surface area contributed by atoms with Gasteiger partial charge in [0, 0.05) is 18.3 Å². The molecule has 0 saturated carbocycles. The average molecular weight is 376 g/mol. The van der Waals surface area contributed by atoms with E-state index in [0.29, 0.717) is 12.1 Å². The number of carbonyl (C=O) groups is 1. The molecule has 3 aromatic rings. The summed E-state index contributed by atoms with van der Waals surface area (Å²) in [6.45, 7) is 0.616. The van der Waals surface area contributed by atoms with Gasteiger partial charge in [0.2, 0.25) is 0 Å². The van der Waals surface area contributed by atoms with E-state index in [1.54, 1.807) is 26.5 Å². The lowest BCUT2D eigenvalue weighted by atomic mass is 10.1. The number of benzene rings is 2. The van der Waals surface area contributed by atoms with Crippen molar-refractivity contribution in [2.45, 2.75) is 12.8 Å². The summed E-state index contributed by atoms with van der Waals surface area (Å²) < 4.78 is 10.3. The Kier molecular flexibility index (Phi) is 6.63. The van der Waals surface area contributed by atoms with Gasteiger partial charge in [-0.3, -0.25) is 9.78 Å². The number of methoxy groups -OCH3 is 2. The van der Waals surface area contributed by atoms with Gasteiger partial charge in [0.05, 0.1) is 25.5 Å². The van der Waals surface area contributed by atoms with E-state index >= 15 is 0 Å². The lowest BCUT2D eigenvalue weighted by Gasteiger charge is -2.07. The third-order valence-corrected chi connectivity index (χ3v) is 4.50. The molecule has 0 spiro atoms. The third-order valence-electron chi connectivity index (χ3n) is 4.50. The highest BCUT2D eigenvalue weighted by atomic mass is 16.5. The van der Waals surface area contributed by atoms with Crippen LogP contribution in [0.5, 0.6) is 11.5 Å². The van der Waals surface area contributed by atoms with Gasteiger partial charge in [0.15, 0.2) is 0 Å². The van der Waals surface area contributed by atoms with Crippen LogP contribution in [0.15, 0.2) is 66.9 Å². The van der Waals surface area contributed by atoms with Crippen molar-refractivity contribution in [1.29, 1.82) is 0 Å². The molecule has 144 valence electrons. The van der Waals surface area contributed by atoms with Gasteiger partial charge in [0.1, 0.15) is 11.5 Å². The molecular weight excluding hydrogens is 352 g/mol. The molecule has 0 aliphatic rings. The van der Waals surface area contributed by atoms with E-state index in [1.165, 1.54) is 5.56 Å². The molecule has 0 fully saturated rings. The fourth-order valence-electron chi connectivity index (χ4n) is 2.85. The second-order valence-corrected chi connectivity index (χ2v) is 6.37. The van der Waals surface area contributed by atoms with Crippen molar-refractivity contribution in [2.75, 3.05) is 20.8 Å². The smallest absolute Gasteiger partial charge is 0.252 e. The van der Waals surface area contributed by atoms with E-state index in [2.05, 4.69) is 10.3 Å². The Morgan fingerprint density at radius 3 is 2.11 bits per heavy atom. The second kappa shape index (κ2) is 9.55. The normalized spacial score (nSPS) is 10.4. The molecule has 0 aliphatic carbocycles. The average Bonchev–Trinajstić information content (AvgIpc) is 2.77. The predicted octanol–water partition coefficient (Wildman–Crippen LogP) is 4.13. The zero-order chi connectivity index (χ0) is 19.8. The number of pyridine rings is 1. The number of hydrogen-bond acceptors (Lipinski definition) is 4. The highest BCUT2D eigenvalue weighted by Gasteiger charge is 2.07. The summed E-state index contributed by atoms with van der Waals surface area (Å²) in [4.78, 5) is 16.7. The molecule has 5 nitrogen and oxygen atoms in total. The second-order valence-electron chi connectivity index (χ2n) is 6.37. The third kappa shape index (κ3) is 5.10. The number of hydrogen-bond donors (Lipinski definition) is 1. The van der Waals surface area contributed by atoms with Crippen molar-refractivity contribution in [3.05, 3.63) is 78.0 Å². The van der Waals surface area contributed by atoms with Crippen LogP contribution in [0.4, 0.5) is 0 Å². The van der Waals surface area contributed by atoms with E-state index in [4.69, 9.17) is 9.47 Å². The van der Waals surface area contributed by atoms with Gasteiger partial charge in [0.25, 0.3) is 5.91 Å². The quantitative estimate of drug-likeness (QED) is 0.601. The molecule has 1 heterocycles. The summed E-state index contributed by atoms with van der Waals surface area (Å²) in [5.74, 6) is 1.54. The number of ether oxygens (including phenoxy) is 2. The van der Waals surface area contributed by atoms with Crippen molar-refractivity contribution in [1.82, 2.24) is 10.3 Å². The van der Waals surface area contributed by atoms with Crippen molar-refractivity contribution < 1.29 is 14.3 Å². The van der Waals surface area contributed by atoms with Crippen LogP contribution >= 0.6 is 0 Å². The minimum atomic E-state index is -0.108. The first-order valence-corrected chi connectivity index (χ1v) is 9.21. The Morgan fingerprint density at radius 1 is 0.893 bits per heavy atom. The van der Waals surface area contributed by atoms with E-state index < -0.39 is 0 Å². The first-order chi connectivity index (χ1) is 13.7. The Bertz CT molecular complexity index is 889. The maximum absolute atomic E-state index is 12.3. The summed E-state index contributed by atoms with van der Waals surface area (Å²) in [7, 11) is 3.29. The number of nitrogens with zero attached hydrogens (tertiary/aromatic N) is 1. The van der Waals surface area contributed by atoms with Gasteiger partial charge >= 0.3 is 0 Å². The maximum Gasteiger partial charge on any atom is 0.252 e. The molecule has 2 aromatic carbocycles. The Morgan fingerprint density at radius 2 is 1.54 bits per heavy atom. The first kappa shape index (κ1) is 19.4. The molecule has 0 unspecified atom stereocenters. The van der Waals surface area contributed by atoms with Gasteiger partial charge in [-0.15, -0.1) is 0 Å². The number of carbonyl (C=O) groups excluding carboxylic acids is 1. The number of rotatable bonds is 8. The maximum atomic E-state index is 12.3. The van der Waals surface area contributed by atoms with E-state index in [9.17, 15) is 4.79 Å². The standard InChI is InChI=1S/C23H24N2O3/c1-27-20-10-5-17(6-11-20)4-3-15-24-23(26)19-9-14-22(25-16-19)18-7-12-21(28-2)13-8-18/h5-14,16H,3-4,15H2,1-2H3,(H,24,26). The molecule has 0 aliphatic heterocycles. The number of aromatic nitrogens is 1.